The Labute approximate surface area is 103 Å². The fraction of sp³-hybridized carbons (Fsp3) is 0.600. The molecule has 3 rings (SSSR count). The summed E-state index contributed by atoms with van der Waals surface area (Å²) in [6.45, 7) is 0.968. The Morgan fingerprint density at radius 2 is 2.35 bits per heavy atom. The Hall–Kier alpha value is -1.02. The van der Waals surface area contributed by atoms with Crippen LogP contribution in [0.2, 0.25) is 0 Å². The summed E-state index contributed by atoms with van der Waals surface area (Å²) in [4.78, 5) is 0. The third kappa shape index (κ3) is 2.19. The Bertz CT molecular complexity index is 388. The minimum Gasteiger partial charge on any atom is -0.497 e. The van der Waals surface area contributed by atoms with Gasteiger partial charge in [0.2, 0.25) is 0 Å². The zero-order valence-electron chi connectivity index (χ0n) is 10.4. The van der Waals surface area contributed by atoms with Crippen LogP contribution >= 0.6 is 0 Å². The molecule has 3 atom stereocenters. The molecule has 2 aliphatic rings. The number of methoxy groups -OCH3 is 1. The Morgan fingerprint density at radius 3 is 3.18 bits per heavy atom. The molecule has 0 aromatic heterocycles. The number of ether oxygens (including phenoxy) is 2. The molecule has 0 spiro atoms. The van der Waals surface area contributed by atoms with E-state index in [1.165, 1.54) is 24.8 Å². The minimum atomic E-state index is 0.537. The molecule has 2 fully saturated rings. The molecular weight excluding hydrogens is 212 g/mol. The first-order chi connectivity index (χ1) is 8.36. The van der Waals surface area contributed by atoms with Gasteiger partial charge in [-0.25, -0.2) is 0 Å². The maximum Gasteiger partial charge on any atom is 0.119 e. The molecule has 1 aromatic carbocycles. The predicted molar refractivity (Wildman–Crippen MR) is 67.3 cm³/mol. The molecule has 1 heterocycles. The summed E-state index contributed by atoms with van der Waals surface area (Å²) < 4.78 is 11.2. The number of benzene rings is 1. The van der Waals surface area contributed by atoms with E-state index in [4.69, 9.17) is 9.47 Å². The highest BCUT2D eigenvalue weighted by Crippen LogP contribution is 2.44. The average Bonchev–Trinajstić information content (AvgIpc) is 2.36. The Balaban J connectivity index is 1.63. The van der Waals surface area contributed by atoms with E-state index >= 15 is 0 Å². The van der Waals surface area contributed by atoms with Crippen molar-refractivity contribution in [1.82, 2.24) is 0 Å². The summed E-state index contributed by atoms with van der Waals surface area (Å²) in [5.74, 6) is 2.54. The van der Waals surface area contributed by atoms with Crippen LogP contribution in [0.1, 0.15) is 24.8 Å². The Morgan fingerprint density at radius 1 is 1.41 bits per heavy atom. The van der Waals surface area contributed by atoms with E-state index in [2.05, 4.69) is 18.2 Å². The van der Waals surface area contributed by atoms with E-state index in [1.807, 2.05) is 6.07 Å². The molecule has 1 saturated heterocycles. The van der Waals surface area contributed by atoms with Crippen molar-refractivity contribution in [3.8, 4) is 5.75 Å². The van der Waals surface area contributed by atoms with Gasteiger partial charge >= 0.3 is 0 Å². The Kier molecular flexibility index (Phi) is 3.06. The van der Waals surface area contributed by atoms with Crippen molar-refractivity contribution >= 4 is 0 Å². The van der Waals surface area contributed by atoms with Crippen LogP contribution in [0.15, 0.2) is 24.3 Å². The fourth-order valence-corrected chi connectivity index (χ4v) is 3.27. The maximum atomic E-state index is 5.89. The SMILES string of the molecule is COc1cccc(C[C@H]2C[C@H]3CCCO[C@H]32)c1. The van der Waals surface area contributed by atoms with E-state index in [0.29, 0.717) is 6.10 Å². The lowest BCUT2D eigenvalue weighted by atomic mass is 9.66. The molecule has 17 heavy (non-hydrogen) atoms. The molecule has 1 aliphatic heterocycles. The van der Waals surface area contributed by atoms with Crippen molar-refractivity contribution in [2.75, 3.05) is 13.7 Å². The first kappa shape index (κ1) is 11.1. The van der Waals surface area contributed by atoms with E-state index in [1.54, 1.807) is 7.11 Å². The fourth-order valence-electron chi connectivity index (χ4n) is 3.27. The zero-order valence-corrected chi connectivity index (χ0v) is 10.4. The van der Waals surface area contributed by atoms with Crippen LogP contribution in [0.4, 0.5) is 0 Å². The highest BCUT2D eigenvalue weighted by molar-refractivity contribution is 5.29. The van der Waals surface area contributed by atoms with E-state index in [-0.39, 0.29) is 0 Å². The predicted octanol–water partition coefficient (Wildman–Crippen LogP) is 3.05. The number of fused-ring (bicyclic) bond motifs is 1. The van der Waals surface area contributed by atoms with Crippen LogP contribution in [0.3, 0.4) is 0 Å². The second-order valence-corrected chi connectivity index (χ2v) is 5.29. The molecule has 0 N–H and O–H groups in total. The third-order valence-electron chi connectivity index (χ3n) is 4.20. The molecule has 2 nitrogen and oxygen atoms in total. The van der Waals surface area contributed by atoms with Crippen LogP contribution < -0.4 is 4.74 Å². The van der Waals surface area contributed by atoms with Crippen LogP contribution in [0.5, 0.6) is 5.75 Å². The molecule has 1 aliphatic carbocycles. The molecule has 1 saturated carbocycles. The van der Waals surface area contributed by atoms with Gasteiger partial charge in [-0.1, -0.05) is 12.1 Å². The molecule has 0 bridgehead atoms. The lowest BCUT2D eigenvalue weighted by Gasteiger charge is -2.47. The van der Waals surface area contributed by atoms with Gasteiger partial charge in [0.15, 0.2) is 0 Å². The maximum absolute atomic E-state index is 5.89. The van der Waals surface area contributed by atoms with Crippen molar-refractivity contribution < 1.29 is 9.47 Å². The number of hydrogen-bond donors (Lipinski definition) is 0. The zero-order chi connectivity index (χ0) is 11.7. The van der Waals surface area contributed by atoms with Crippen LogP contribution in [-0.2, 0) is 11.2 Å². The monoisotopic (exact) mass is 232 g/mol. The summed E-state index contributed by atoms with van der Waals surface area (Å²) in [7, 11) is 1.72. The third-order valence-corrected chi connectivity index (χ3v) is 4.20. The molecule has 92 valence electrons. The van der Waals surface area contributed by atoms with Crippen molar-refractivity contribution in [2.24, 2.45) is 11.8 Å². The summed E-state index contributed by atoms with van der Waals surface area (Å²) in [5.41, 5.74) is 1.38. The normalized spacial score (nSPS) is 31.5. The lowest BCUT2D eigenvalue weighted by Crippen LogP contribution is -2.47. The summed E-state index contributed by atoms with van der Waals surface area (Å²) in [6.07, 6.45) is 5.65. The first-order valence-electron chi connectivity index (χ1n) is 6.61. The molecule has 0 unspecified atom stereocenters. The van der Waals surface area contributed by atoms with Gasteiger partial charge in [0.1, 0.15) is 5.75 Å². The van der Waals surface area contributed by atoms with Gasteiger partial charge in [-0.2, -0.15) is 0 Å². The second-order valence-electron chi connectivity index (χ2n) is 5.29. The minimum absolute atomic E-state index is 0.537. The van der Waals surface area contributed by atoms with Crippen LogP contribution in [0, 0.1) is 11.8 Å². The molecule has 0 amide bonds. The van der Waals surface area contributed by atoms with Crippen molar-refractivity contribution in [3.63, 3.8) is 0 Å². The standard InChI is InChI=1S/C15H20O2/c1-16-14-6-2-4-11(9-14)8-13-10-12-5-3-7-17-15(12)13/h2,4,6,9,12-13,15H,3,5,7-8,10H2,1H3/t12-,13+,15-/m1/s1. The molecule has 1 aromatic rings. The van der Waals surface area contributed by atoms with Gasteiger partial charge in [0, 0.05) is 6.61 Å². The van der Waals surface area contributed by atoms with Crippen molar-refractivity contribution in [1.29, 1.82) is 0 Å². The topological polar surface area (TPSA) is 18.5 Å². The summed E-state index contributed by atoms with van der Waals surface area (Å²) in [5, 5.41) is 0. The number of hydrogen-bond acceptors (Lipinski definition) is 2. The van der Waals surface area contributed by atoms with Gasteiger partial charge in [-0.15, -0.1) is 0 Å². The summed E-state index contributed by atoms with van der Waals surface area (Å²) >= 11 is 0. The second kappa shape index (κ2) is 4.69. The van der Waals surface area contributed by atoms with Gasteiger partial charge in [0.05, 0.1) is 13.2 Å². The van der Waals surface area contributed by atoms with Gasteiger partial charge in [-0.3, -0.25) is 0 Å². The molecule has 2 heteroatoms. The quantitative estimate of drug-likeness (QED) is 0.797. The van der Waals surface area contributed by atoms with Crippen molar-refractivity contribution in [3.05, 3.63) is 29.8 Å². The first-order valence-corrected chi connectivity index (χ1v) is 6.61. The van der Waals surface area contributed by atoms with Gasteiger partial charge in [-0.05, 0) is 55.2 Å². The highest BCUT2D eigenvalue weighted by atomic mass is 16.5. The van der Waals surface area contributed by atoms with Gasteiger partial charge < -0.3 is 9.47 Å². The van der Waals surface area contributed by atoms with Crippen molar-refractivity contribution in [2.45, 2.75) is 31.8 Å². The smallest absolute Gasteiger partial charge is 0.119 e. The largest absolute Gasteiger partial charge is 0.497 e. The van der Waals surface area contributed by atoms with E-state index in [0.717, 1.165) is 30.6 Å². The number of rotatable bonds is 3. The summed E-state index contributed by atoms with van der Waals surface area (Å²) in [6, 6.07) is 8.42. The van der Waals surface area contributed by atoms with E-state index in [9.17, 15) is 0 Å². The lowest BCUT2D eigenvalue weighted by molar-refractivity contribution is -0.126. The van der Waals surface area contributed by atoms with Gasteiger partial charge in [0.25, 0.3) is 0 Å². The van der Waals surface area contributed by atoms with Crippen LogP contribution in [-0.4, -0.2) is 19.8 Å². The van der Waals surface area contributed by atoms with E-state index < -0.39 is 0 Å². The molecular formula is C15H20O2. The molecule has 0 radical (unpaired) electrons. The average molecular weight is 232 g/mol. The highest BCUT2D eigenvalue weighted by Gasteiger charge is 2.42. The van der Waals surface area contributed by atoms with Crippen LogP contribution in [0.25, 0.3) is 0 Å².